The van der Waals surface area contributed by atoms with Crippen LogP contribution in [0.5, 0.6) is 0 Å². The molecule has 4 heteroatoms. The molecule has 0 radical (unpaired) electrons. The van der Waals surface area contributed by atoms with Crippen LogP contribution in [-0.2, 0) is 0 Å². The predicted molar refractivity (Wildman–Crippen MR) is 51.8 cm³/mol. The molecule has 2 aromatic rings. The van der Waals surface area contributed by atoms with Gasteiger partial charge in [-0.25, -0.2) is 14.4 Å². The van der Waals surface area contributed by atoms with Gasteiger partial charge >= 0.3 is 0 Å². The largest absolute Gasteiger partial charge is 0.396 e. The second-order valence-electron chi connectivity index (χ2n) is 2.82. The highest BCUT2D eigenvalue weighted by Crippen LogP contribution is 2.17. The van der Waals surface area contributed by atoms with Gasteiger partial charge in [0.2, 0.25) is 0 Å². The van der Waals surface area contributed by atoms with E-state index in [1.807, 2.05) is 0 Å². The van der Waals surface area contributed by atoms with E-state index in [4.69, 9.17) is 5.73 Å². The highest BCUT2D eigenvalue weighted by molar-refractivity contribution is 5.56. The molecule has 14 heavy (non-hydrogen) atoms. The maximum atomic E-state index is 13.3. The van der Waals surface area contributed by atoms with Crippen LogP contribution >= 0.6 is 0 Å². The summed E-state index contributed by atoms with van der Waals surface area (Å²) >= 11 is 0. The molecule has 0 fully saturated rings. The van der Waals surface area contributed by atoms with Crippen LogP contribution in [0.1, 0.15) is 0 Å². The second kappa shape index (κ2) is 3.41. The number of nitrogen functional groups attached to an aromatic ring is 1. The van der Waals surface area contributed by atoms with Crippen molar-refractivity contribution in [1.82, 2.24) is 9.97 Å². The average molecular weight is 189 g/mol. The summed E-state index contributed by atoms with van der Waals surface area (Å²) in [6.07, 6.45) is 2.91. The molecule has 0 aliphatic carbocycles. The topological polar surface area (TPSA) is 51.8 Å². The lowest BCUT2D eigenvalue weighted by molar-refractivity contribution is 0.630. The summed E-state index contributed by atoms with van der Waals surface area (Å²) in [5.41, 5.74) is 6.27. The third kappa shape index (κ3) is 1.54. The van der Waals surface area contributed by atoms with E-state index in [1.165, 1.54) is 18.5 Å². The number of rotatable bonds is 1. The molecule has 1 aromatic carbocycles. The zero-order valence-corrected chi connectivity index (χ0v) is 7.31. The van der Waals surface area contributed by atoms with Crippen molar-refractivity contribution < 1.29 is 4.39 Å². The van der Waals surface area contributed by atoms with Crippen LogP contribution in [0, 0.1) is 5.82 Å². The number of halogens is 1. The van der Waals surface area contributed by atoms with Gasteiger partial charge in [0.25, 0.3) is 0 Å². The predicted octanol–water partition coefficient (Wildman–Crippen LogP) is 1.86. The minimum Gasteiger partial charge on any atom is -0.396 e. The van der Waals surface area contributed by atoms with Gasteiger partial charge in [0.15, 0.2) is 5.82 Å². The Hall–Kier alpha value is -1.97. The van der Waals surface area contributed by atoms with Gasteiger partial charge in [-0.15, -0.1) is 0 Å². The van der Waals surface area contributed by atoms with Crippen molar-refractivity contribution in [2.45, 2.75) is 0 Å². The van der Waals surface area contributed by atoms with E-state index >= 15 is 0 Å². The quantitative estimate of drug-likeness (QED) is 0.744. The molecule has 0 unspecified atom stereocenters. The van der Waals surface area contributed by atoms with Crippen LogP contribution in [0.15, 0.2) is 36.7 Å². The van der Waals surface area contributed by atoms with Crippen LogP contribution in [0.4, 0.5) is 10.1 Å². The molecule has 0 bridgehead atoms. The lowest BCUT2D eigenvalue weighted by Gasteiger charge is -2.00. The highest BCUT2D eigenvalue weighted by atomic mass is 19.1. The average Bonchev–Trinajstić information content (AvgIpc) is 2.20. The van der Waals surface area contributed by atoms with Crippen LogP contribution < -0.4 is 5.73 Å². The zero-order chi connectivity index (χ0) is 9.97. The van der Waals surface area contributed by atoms with E-state index in [0.717, 1.165) is 0 Å². The zero-order valence-electron chi connectivity index (χ0n) is 7.31. The van der Waals surface area contributed by atoms with Crippen molar-refractivity contribution in [2.75, 3.05) is 5.73 Å². The van der Waals surface area contributed by atoms with E-state index in [9.17, 15) is 4.39 Å². The molecule has 0 aliphatic rings. The molecular weight excluding hydrogens is 181 g/mol. The molecule has 3 nitrogen and oxygen atoms in total. The number of nitrogens with zero attached hydrogens (tertiary/aromatic N) is 2. The first-order chi connectivity index (χ1) is 6.77. The standard InChI is InChI=1S/C10H8FN3/c11-9-4-2-1-3-8(9)10-13-5-7(12)6-14-10/h1-6H,12H2. The summed E-state index contributed by atoms with van der Waals surface area (Å²) in [6, 6.07) is 6.35. The molecule has 0 spiro atoms. The Kier molecular flexibility index (Phi) is 2.10. The van der Waals surface area contributed by atoms with Gasteiger partial charge in [0, 0.05) is 0 Å². The molecular formula is C10H8FN3. The summed E-state index contributed by atoms with van der Waals surface area (Å²) in [5, 5.41) is 0. The molecule has 0 atom stereocenters. The lowest BCUT2D eigenvalue weighted by Crippen LogP contribution is -1.93. The van der Waals surface area contributed by atoms with E-state index in [-0.39, 0.29) is 5.82 Å². The van der Waals surface area contributed by atoms with Crippen molar-refractivity contribution in [1.29, 1.82) is 0 Å². The van der Waals surface area contributed by atoms with Crippen molar-refractivity contribution in [2.24, 2.45) is 0 Å². The first kappa shape index (κ1) is 8.62. The number of hydrogen-bond donors (Lipinski definition) is 1. The molecule has 0 amide bonds. The Morgan fingerprint density at radius 3 is 2.36 bits per heavy atom. The van der Waals surface area contributed by atoms with Crippen LogP contribution in [0.3, 0.4) is 0 Å². The fourth-order valence-corrected chi connectivity index (χ4v) is 1.12. The summed E-state index contributed by atoms with van der Waals surface area (Å²) in [7, 11) is 0. The Morgan fingerprint density at radius 1 is 1.07 bits per heavy atom. The molecule has 2 rings (SSSR count). The van der Waals surface area contributed by atoms with Crippen LogP contribution in [-0.4, -0.2) is 9.97 Å². The molecule has 0 saturated heterocycles. The van der Waals surface area contributed by atoms with Crippen molar-refractivity contribution in [3.05, 3.63) is 42.5 Å². The number of benzene rings is 1. The first-order valence-electron chi connectivity index (χ1n) is 4.10. The van der Waals surface area contributed by atoms with Crippen molar-refractivity contribution in [3.63, 3.8) is 0 Å². The minimum atomic E-state index is -0.336. The molecule has 1 aromatic heterocycles. The Balaban J connectivity index is 2.50. The number of nitrogens with two attached hydrogens (primary N) is 1. The van der Waals surface area contributed by atoms with Crippen molar-refractivity contribution in [3.8, 4) is 11.4 Å². The van der Waals surface area contributed by atoms with Crippen LogP contribution in [0.2, 0.25) is 0 Å². The number of hydrogen-bond acceptors (Lipinski definition) is 3. The number of aromatic nitrogens is 2. The summed E-state index contributed by atoms with van der Waals surface area (Å²) in [4.78, 5) is 7.87. The smallest absolute Gasteiger partial charge is 0.162 e. The van der Waals surface area contributed by atoms with E-state index in [2.05, 4.69) is 9.97 Å². The summed E-state index contributed by atoms with van der Waals surface area (Å²) < 4.78 is 13.3. The molecule has 0 saturated carbocycles. The van der Waals surface area contributed by atoms with Gasteiger partial charge in [-0.3, -0.25) is 0 Å². The third-order valence-corrected chi connectivity index (χ3v) is 1.79. The van der Waals surface area contributed by atoms with E-state index < -0.39 is 0 Å². The Labute approximate surface area is 80.4 Å². The lowest BCUT2D eigenvalue weighted by atomic mass is 10.2. The maximum Gasteiger partial charge on any atom is 0.162 e. The number of anilines is 1. The van der Waals surface area contributed by atoms with Gasteiger partial charge in [0.05, 0.1) is 23.6 Å². The first-order valence-corrected chi connectivity index (χ1v) is 4.10. The third-order valence-electron chi connectivity index (χ3n) is 1.79. The molecule has 0 aliphatic heterocycles. The summed E-state index contributed by atoms with van der Waals surface area (Å²) in [6.45, 7) is 0. The normalized spacial score (nSPS) is 10.1. The molecule has 70 valence electrons. The van der Waals surface area contributed by atoms with Gasteiger partial charge in [0.1, 0.15) is 5.82 Å². The summed E-state index contributed by atoms with van der Waals surface area (Å²) in [5.74, 6) is 0.00886. The van der Waals surface area contributed by atoms with Gasteiger partial charge in [-0.1, -0.05) is 12.1 Å². The molecule has 1 heterocycles. The van der Waals surface area contributed by atoms with Gasteiger partial charge < -0.3 is 5.73 Å². The Bertz CT molecular complexity index is 439. The highest BCUT2D eigenvalue weighted by Gasteiger charge is 2.05. The van der Waals surface area contributed by atoms with E-state index in [0.29, 0.717) is 17.1 Å². The second-order valence-corrected chi connectivity index (χ2v) is 2.82. The SMILES string of the molecule is Nc1cnc(-c2ccccc2F)nc1. The van der Waals surface area contributed by atoms with Gasteiger partial charge in [-0.05, 0) is 12.1 Å². The molecule has 2 N–H and O–H groups in total. The van der Waals surface area contributed by atoms with Crippen molar-refractivity contribution >= 4 is 5.69 Å². The fraction of sp³-hybridized carbons (Fsp3) is 0. The van der Waals surface area contributed by atoms with Gasteiger partial charge in [-0.2, -0.15) is 0 Å². The maximum absolute atomic E-state index is 13.3. The van der Waals surface area contributed by atoms with Crippen LogP contribution in [0.25, 0.3) is 11.4 Å². The fourth-order valence-electron chi connectivity index (χ4n) is 1.12. The minimum absolute atomic E-state index is 0.336. The van der Waals surface area contributed by atoms with E-state index in [1.54, 1.807) is 18.2 Å². The monoisotopic (exact) mass is 189 g/mol. The Morgan fingerprint density at radius 2 is 1.71 bits per heavy atom.